The van der Waals surface area contributed by atoms with Gasteiger partial charge < -0.3 is 10.2 Å². The van der Waals surface area contributed by atoms with Crippen LogP contribution >= 0.6 is 0 Å². The van der Waals surface area contributed by atoms with Crippen LogP contribution in [0.4, 0.5) is 0 Å². The largest absolute Gasteiger partial charge is 0.355 e. The Kier molecular flexibility index (Phi) is 5.71. The van der Waals surface area contributed by atoms with Crippen molar-refractivity contribution in [2.45, 2.75) is 44.6 Å². The third-order valence-corrected chi connectivity index (χ3v) is 3.69. The number of nitrogens with one attached hydrogen (secondary N) is 2. The molecule has 1 aliphatic carbocycles. The van der Waals surface area contributed by atoms with Gasteiger partial charge in [-0.25, -0.2) is 5.84 Å². The first-order valence-electron chi connectivity index (χ1n) is 6.57. The summed E-state index contributed by atoms with van der Waals surface area (Å²) in [5.74, 6) is 6.17. The third kappa shape index (κ3) is 3.85. The predicted octanol–water partition coefficient (Wildman–Crippen LogP) is 0.680. The van der Waals surface area contributed by atoms with Crippen LogP contribution in [0.15, 0.2) is 4.99 Å². The molecule has 17 heavy (non-hydrogen) atoms. The molecule has 0 saturated heterocycles. The average molecular weight is 241 g/mol. The lowest BCUT2D eigenvalue weighted by Crippen LogP contribution is -2.47. The lowest BCUT2D eigenvalue weighted by atomic mass is 9.96. The van der Waals surface area contributed by atoms with Crippen LogP contribution in [0.3, 0.4) is 0 Å². The van der Waals surface area contributed by atoms with Crippen LogP contribution in [0.5, 0.6) is 0 Å². The van der Waals surface area contributed by atoms with E-state index in [0.29, 0.717) is 5.96 Å². The molecule has 0 amide bonds. The van der Waals surface area contributed by atoms with Crippen LogP contribution in [0.1, 0.15) is 39.0 Å². The van der Waals surface area contributed by atoms with E-state index in [4.69, 9.17) is 5.84 Å². The highest BCUT2D eigenvalue weighted by Crippen LogP contribution is 2.33. The fraction of sp³-hybridized carbons (Fsp3) is 0.917. The van der Waals surface area contributed by atoms with Gasteiger partial charge in [-0.1, -0.05) is 19.8 Å². The second-order valence-corrected chi connectivity index (χ2v) is 5.06. The van der Waals surface area contributed by atoms with Crippen molar-refractivity contribution < 1.29 is 0 Å². The van der Waals surface area contributed by atoms with Crippen LogP contribution in [-0.2, 0) is 0 Å². The van der Waals surface area contributed by atoms with E-state index in [-0.39, 0.29) is 5.54 Å². The van der Waals surface area contributed by atoms with Gasteiger partial charge in [0, 0.05) is 12.1 Å². The number of likely N-dealkylation sites (N-methyl/N-ethyl adjacent to an activating group) is 1. The second kappa shape index (κ2) is 6.81. The summed E-state index contributed by atoms with van der Waals surface area (Å²) in [6, 6.07) is 0. The Labute approximate surface area is 105 Å². The summed E-state index contributed by atoms with van der Waals surface area (Å²) in [6.45, 7) is 3.84. The lowest BCUT2D eigenvalue weighted by molar-refractivity contribution is 0.167. The standard InChI is InChI=1S/C12H27N5/c1-4-9-14-11(16-13)15-10-12(17(2)3)7-5-6-8-12/h4-10,13H2,1-3H3,(H2,14,15,16). The minimum atomic E-state index is 0.232. The number of hydrazine groups is 1. The molecule has 0 aromatic carbocycles. The summed E-state index contributed by atoms with van der Waals surface area (Å²) in [5, 5.41) is 3.19. The van der Waals surface area contributed by atoms with E-state index in [2.05, 4.69) is 41.7 Å². The molecule has 1 fully saturated rings. The van der Waals surface area contributed by atoms with Crippen LogP contribution in [0.2, 0.25) is 0 Å². The molecule has 1 rings (SSSR count). The zero-order chi connectivity index (χ0) is 12.7. The highest BCUT2D eigenvalue weighted by molar-refractivity contribution is 5.79. The summed E-state index contributed by atoms with van der Waals surface area (Å²) in [5.41, 5.74) is 2.87. The van der Waals surface area contributed by atoms with E-state index in [9.17, 15) is 0 Å². The van der Waals surface area contributed by atoms with Gasteiger partial charge >= 0.3 is 0 Å². The molecule has 0 atom stereocenters. The molecule has 0 bridgehead atoms. The molecule has 1 aliphatic rings. The average Bonchev–Trinajstić information content (AvgIpc) is 2.79. The Morgan fingerprint density at radius 2 is 2.00 bits per heavy atom. The molecule has 0 spiro atoms. The molecule has 0 aliphatic heterocycles. The van der Waals surface area contributed by atoms with Crippen molar-refractivity contribution in [3.63, 3.8) is 0 Å². The van der Waals surface area contributed by atoms with Gasteiger partial charge in [-0.3, -0.25) is 10.4 Å². The van der Waals surface area contributed by atoms with Crippen LogP contribution in [-0.4, -0.2) is 43.6 Å². The van der Waals surface area contributed by atoms with Crippen molar-refractivity contribution in [1.29, 1.82) is 0 Å². The summed E-state index contributed by atoms with van der Waals surface area (Å²) >= 11 is 0. The lowest BCUT2D eigenvalue weighted by Gasteiger charge is -2.35. The highest BCUT2D eigenvalue weighted by atomic mass is 15.3. The smallest absolute Gasteiger partial charge is 0.205 e. The number of aliphatic imine (C=N–C) groups is 1. The first-order chi connectivity index (χ1) is 8.14. The number of rotatable bonds is 5. The predicted molar refractivity (Wildman–Crippen MR) is 72.8 cm³/mol. The minimum absolute atomic E-state index is 0.232. The van der Waals surface area contributed by atoms with Crippen LogP contribution < -0.4 is 16.6 Å². The molecule has 0 unspecified atom stereocenters. The summed E-state index contributed by atoms with van der Waals surface area (Å²) in [6.07, 6.45) is 6.15. The fourth-order valence-corrected chi connectivity index (χ4v) is 2.40. The summed E-state index contributed by atoms with van der Waals surface area (Å²) in [4.78, 5) is 6.90. The first kappa shape index (κ1) is 14.3. The monoisotopic (exact) mass is 241 g/mol. The molecule has 1 saturated carbocycles. The first-order valence-corrected chi connectivity index (χ1v) is 6.57. The van der Waals surface area contributed by atoms with Crippen molar-refractivity contribution in [3.05, 3.63) is 0 Å². The van der Waals surface area contributed by atoms with Crippen LogP contribution in [0.25, 0.3) is 0 Å². The topological polar surface area (TPSA) is 65.7 Å². The van der Waals surface area contributed by atoms with Crippen LogP contribution in [0, 0.1) is 0 Å². The quantitative estimate of drug-likeness (QED) is 0.287. The van der Waals surface area contributed by atoms with Crippen molar-refractivity contribution in [1.82, 2.24) is 15.6 Å². The van der Waals surface area contributed by atoms with E-state index in [1.54, 1.807) is 0 Å². The molecule has 0 heterocycles. The van der Waals surface area contributed by atoms with Gasteiger partial charge in [0.25, 0.3) is 0 Å². The molecule has 5 heteroatoms. The Morgan fingerprint density at radius 3 is 2.47 bits per heavy atom. The van der Waals surface area contributed by atoms with E-state index in [1.807, 2.05) is 0 Å². The molecule has 100 valence electrons. The molecular weight excluding hydrogens is 214 g/mol. The van der Waals surface area contributed by atoms with Gasteiger partial charge in [-0.15, -0.1) is 0 Å². The summed E-state index contributed by atoms with van der Waals surface area (Å²) in [7, 11) is 4.30. The van der Waals surface area contributed by atoms with Gasteiger partial charge in [0.15, 0.2) is 0 Å². The normalized spacial score (nSPS) is 19.7. The van der Waals surface area contributed by atoms with Crippen molar-refractivity contribution >= 4 is 5.96 Å². The Morgan fingerprint density at radius 1 is 1.35 bits per heavy atom. The molecule has 4 N–H and O–H groups in total. The van der Waals surface area contributed by atoms with Crippen molar-refractivity contribution in [2.75, 3.05) is 27.2 Å². The third-order valence-electron chi connectivity index (χ3n) is 3.69. The highest BCUT2D eigenvalue weighted by Gasteiger charge is 2.35. The Bertz CT molecular complexity index is 243. The molecule has 0 aromatic rings. The zero-order valence-electron chi connectivity index (χ0n) is 11.4. The van der Waals surface area contributed by atoms with Gasteiger partial charge in [0.05, 0.1) is 6.54 Å². The van der Waals surface area contributed by atoms with E-state index >= 15 is 0 Å². The van der Waals surface area contributed by atoms with Gasteiger partial charge in [0.2, 0.25) is 5.96 Å². The Hall–Kier alpha value is -0.810. The van der Waals surface area contributed by atoms with Crippen molar-refractivity contribution in [2.24, 2.45) is 10.8 Å². The number of nitrogens with zero attached hydrogens (tertiary/aromatic N) is 2. The van der Waals surface area contributed by atoms with E-state index in [1.165, 1.54) is 25.7 Å². The Balaban J connectivity index is 2.57. The van der Waals surface area contributed by atoms with Crippen molar-refractivity contribution in [3.8, 4) is 0 Å². The second-order valence-electron chi connectivity index (χ2n) is 5.06. The zero-order valence-corrected chi connectivity index (χ0v) is 11.4. The maximum Gasteiger partial charge on any atom is 0.205 e. The minimum Gasteiger partial charge on any atom is -0.355 e. The number of nitrogens with two attached hydrogens (primary N) is 1. The molecule has 5 nitrogen and oxygen atoms in total. The molecule has 0 aromatic heterocycles. The summed E-state index contributed by atoms with van der Waals surface area (Å²) < 4.78 is 0. The van der Waals surface area contributed by atoms with Gasteiger partial charge in [-0.2, -0.15) is 0 Å². The number of hydrogen-bond donors (Lipinski definition) is 3. The number of hydrogen-bond acceptors (Lipinski definition) is 3. The van der Waals surface area contributed by atoms with Gasteiger partial charge in [0.1, 0.15) is 0 Å². The van der Waals surface area contributed by atoms with E-state index < -0.39 is 0 Å². The maximum atomic E-state index is 5.46. The maximum absolute atomic E-state index is 5.46. The van der Waals surface area contributed by atoms with Gasteiger partial charge in [-0.05, 0) is 33.4 Å². The number of guanidine groups is 1. The molecular formula is C12H27N5. The molecule has 0 radical (unpaired) electrons. The SMILES string of the molecule is CCCNC(=NCC1(N(C)C)CCCC1)NN. The van der Waals surface area contributed by atoms with E-state index in [0.717, 1.165) is 19.5 Å². The fourth-order valence-electron chi connectivity index (χ4n) is 2.40.